The Morgan fingerprint density at radius 2 is 1.84 bits per heavy atom. The molecule has 94 valence electrons. The van der Waals surface area contributed by atoms with Gasteiger partial charge in [0.1, 0.15) is 5.82 Å². The molecule has 0 unspecified atom stereocenters. The van der Waals surface area contributed by atoms with E-state index in [2.05, 4.69) is 5.10 Å². The average molecular weight is 253 g/mol. The predicted molar refractivity (Wildman–Crippen MR) is 73.4 cm³/mol. The van der Waals surface area contributed by atoms with Crippen molar-refractivity contribution < 1.29 is 4.39 Å². The summed E-state index contributed by atoms with van der Waals surface area (Å²) in [4.78, 5) is 0. The number of benzene rings is 2. The summed E-state index contributed by atoms with van der Waals surface area (Å²) in [5.74, 6) is -0.260. The quantitative estimate of drug-likeness (QED) is 0.712. The van der Waals surface area contributed by atoms with Gasteiger partial charge >= 0.3 is 0 Å². The summed E-state index contributed by atoms with van der Waals surface area (Å²) in [7, 11) is 0. The number of nitrogen functional groups attached to an aromatic ring is 1. The molecular formula is C15H12FN3. The van der Waals surface area contributed by atoms with Crippen LogP contribution in [0.4, 0.5) is 10.1 Å². The van der Waals surface area contributed by atoms with Crippen LogP contribution in [0.2, 0.25) is 0 Å². The van der Waals surface area contributed by atoms with E-state index in [9.17, 15) is 4.39 Å². The molecular weight excluding hydrogens is 241 g/mol. The first kappa shape index (κ1) is 11.5. The van der Waals surface area contributed by atoms with Gasteiger partial charge in [0.2, 0.25) is 0 Å². The summed E-state index contributed by atoms with van der Waals surface area (Å²) in [6.07, 6.45) is 3.53. The van der Waals surface area contributed by atoms with Gasteiger partial charge in [-0.2, -0.15) is 5.10 Å². The Balaban J connectivity index is 2.03. The molecule has 0 saturated heterocycles. The topological polar surface area (TPSA) is 43.8 Å². The number of nitrogens with zero attached hydrogens (tertiary/aromatic N) is 2. The lowest BCUT2D eigenvalue weighted by molar-refractivity contribution is 0.628. The Morgan fingerprint density at radius 3 is 2.63 bits per heavy atom. The van der Waals surface area contributed by atoms with Crippen LogP contribution in [0.3, 0.4) is 0 Å². The molecule has 3 aromatic rings. The summed E-state index contributed by atoms with van der Waals surface area (Å²) in [5, 5.41) is 4.27. The largest absolute Gasteiger partial charge is 0.397 e. The van der Waals surface area contributed by atoms with E-state index in [4.69, 9.17) is 5.73 Å². The maximum atomic E-state index is 13.2. The molecule has 0 atom stereocenters. The smallest absolute Gasteiger partial charge is 0.123 e. The standard InChI is InChI=1S/C15H12FN3/c16-13-5-3-4-11(8-13)12-9-18-19(10-12)15-7-2-1-6-14(15)17/h1-10H,17H2. The maximum absolute atomic E-state index is 13.2. The Morgan fingerprint density at radius 1 is 1.00 bits per heavy atom. The second kappa shape index (κ2) is 4.57. The molecule has 2 aromatic carbocycles. The molecule has 2 N–H and O–H groups in total. The van der Waals surface area contributed by atoms with Crippen molar-refractivity contribution in [3.8, 4) is 16.8 Å². The molecule has 0 aliphatic heterocycles. The van der Waals surface area contributed by atoms with Gasteiger partial charge in [-0.15, -0.1) is 0 Å². The lowest BCUT2D eigenvalue weighted by atomic mass is 10.1. The highest BCUT2D eigenvalue weighted by molar-refractivity contribution is 5.64. The van der Waals surface area contributed by atoms with Crippen LogP contribution in [0, 0.1) is 5.82 Å². The van der Waals surface area contributed by atoms with Crippen LogP contribution < -0.4 is 5.73 Å². The van der Waals surface area contributed by atoms with Crippen molar-refractivity contribution in [3.05, 3.63) is 66.7 Å². The second-order valence-electron chi connectivity index (χ2n) is 4.24. The Bertz CT molecular complexity index is 719. The van der Waals surface area contributed by atoms with Crippen LogP contribution in [0.1, 0.15) is 0 Å². The number of nitrogens with two attached hydrogens (primary N) is 1. The minimum absolute atomic E-state index is 0.260. The molecule has 0 amide bonds. The lowest BCUT2D eigenvalue weighted by Crippen LogP contribution is -1.99. The number of halogens is 1. The molecule has 0 bridgehead atoms. The van der Waals surface area contributed by atoms with Gasteiger partial charge < -0.3 is 5.73 Å². The Kier molecular flexibility index (Phi) is 2.76. The maximum Gasteiger partial charge on any atom is 0.123 e. The number of hydrogen-bond acceptors (Lipinski definition) is 2. The second-order valence-corrected chi connectivity index (χ2v) is 4.24. The van der Waals surface area contributed by atoms with Gasteiger partial charge in [0.05, 0.1) is 17.6 Å². The first-order valence-corrected chi connectivity index (χ1v) is 5.89. The fourth-order valence-corrected chi connectivity index (χ4v) is 1.97. The highest BCUT2D eigenvalue weighted by Crippen LogP contribution is 2.22. The summed E-state index contributed by atoms with van der Waals surface area (Å²) in [5.41, 5.74) is 9.01. The number of anilines is 1. The molecule has 0 radical (unpaired) electrons. The fourth-order valence-electron chi connectivity index (χ4n) is 1.97. The molecule has 3 rings (SSSR count). The van der Waals surface area contributed by atoms with Crippen LogP contribution in [0.5, 0.6) is 0 Å². The third kappa shape index (κ3) is 2.20. The van der Waals surface area contributed by atoms with Crippen LogP contribution in [-0.4, -0.2) is 9.78 Å². The van der Waals surface area contributed by atoms with Crippen LogP contribution in [-0.2, 0) is 0 Å². The van der Waals surface area contributed by atoms with Gasteiger partial charge in [-0.3, -0.25) is 0 Å². The minimum atomic E-state index is -0.260. The SMILES string of the molecule is Nc1ccccc1-n1cc(-c2cccc(F)c2)cn1. The van der Waals surface area contributed by atoms with Crippen molar-refractivity contribution >= 4 is 5.69 Å². The molecule has 3 nitrogen and oxygen atoms in total. The van der Waals surface area contributed by atoms with Gasteiger partial charge in [-0.05, 0) is 29.8 Å². The van der Waals surface area contributed by atoms with Gasteiger partial charge in [0, 0.05) is 11.8 Å². The van der Waals surface area contributed by atoms with Gasteiger partial charge in [0.25, 0.3) is 0 Å². The molecule has 1 heterocycles. The number of rotatable bonds is 2. The third-order valence-electron chi connectivity index (χ3n) is 2.92. The van der Waals surface area contributed by atoms with Crippen molar-refractivity contribution in [1.82, 2.24) is 9.78 Å². The van der Waals surface area contributed by atoms with Crippen molar-refractivity contribution in [2.45, 2.75) is 0 Å². The molecule has 0 saturated carbocycles. The molecule has 0 aliphatic rings. The van der Waals surface area contributed by atoms with Gasteiger partial charge in [-0.25, -0.2) is 9.07 Å². The zero-order valence-corrected chi connectivity index (χ0v) is 10.1. The highest BCUT2D eigenvalue weighted by Gasteiger charge is 2.06. The van der Waals surface area contributed by atoms with E-state index in [1.165, 1.54) is 12.1 Å². The predicted octanol–water partition coefficient (Wildman–Crippen LogP) is 3.26. The molecule has 1 aromatic heterocycles. The molecule has 0 aliphatic carbocycles. The van der Waals surface area contributed by atoms with E-state index in [0.29, 0.717) is 5.69 Å². The molecule has 0 fully saturated rings. The normalized spacial score (nSPS) is 10.6. The van der Waals surface area contributed by atoms with E-state index in [1.807, 2.05) is 36.5 Å². The van der Waals surface area contributed by atoms with Gasteiger partial charge in [0.15, 0.2) is 0 Å². The van der Waals surface area contributed by atoms with Crippen molar-refractivity contribution in [1.29, 1.82) is 0 Å². The number of aromatic nitrogens is 2. The zero-order chi connectivity index (χ0) is 13.2. The van der Waals surface area contributed by atoms with Crippen LogP contribution >= 0.6 is 0 Å². The summed E-state index contributed by atoms with van der Waals surface area (Å²) in [6, 6.07) is 13.9. The first-order valence-electron chi connectivity index (χ1n) is 5.89. The van der Waals surface area contributed by atoms with Crippen molar-refractivity contribution in [2.75, 3.05) is 5.73 Å². The number of para-hydroxylation sites is 2. The number of hydrogen-bond donors (Lipinski definition) is 1. The summed E-state index contributed by atoms with van der Waals surface area (Å²) < 4.78 is 14.9. The monoisotopic (exact) mass is 253 g/mol. The van der Waals surface area contributed by atoms with E-state index in [1.54, 1.807) is 16.9 Å². The van der Waals surface area contributed by atoms with Crippen molar-refractivity contribution in [3.63, 3.8) is 0 Å². The third-order valence-corrected chi connectivity index (χ3v) is 2.92. The summed E-state index contributed by atoms with van der Waals surface area (Å²) >= 11 is 0. The minimum Gasteiger partial charge on any atom is -0.397 e. The van der Waals surface area contributed by atoms with E-state index in [0.717, 1.165) is 16.8 Å². The van der Waals surface area contributed by atoms with Crippen LogP contribution in [0.25, 0.3) is 16.8 Å². The average Bonchev–Trinajstić information content (AvgIpc) is 2.89. The van der Waals surface area contributed by atoms with E-state index < -0.39 is 0 Å². The van der Waals surface area contributed by atoms with Crippen molar-refractivity contribution in [2.24, 2.45) is 0 Å². The Hall–Kier alpha value is -2.62. The van der Waals surface area contributed by atoms with Gasteiger partial charge in [-0.1, -0.05) is 24.3 Å². The molecule has 4 heteroatoms. The van der Waals surface area contributed by atoms with Crippen LogP contribution in [0.15, 0.2) is 60.9 Å². The van der Waals surface area contributed by atoms with E-state index in [-0.39, 0.29) is 5.82 Å². The zero-order valence-electron chi connectivity index (χ0n) is 10.1. The molecule has 19 heavy (non-hydrogen) atoms. The highest BCUT2D eigenvalue weighted by atomic mass is 19.1. The first-order chi connectivity index (χ1) is 9.24. The van der Waals surface area contributed by atoms with E-state index >= 15 is 0 Å². The summed E-state index contributed by atoms with van der Waals surface area (Å²) in [6.45, 7) is 0. The molecule has 0 spiro atoms. The lowest BCUT2D eigenvalue weighted by Gasteiger charge is -2.04. The fraction of sp³-hybridized carbons (Fsp3) is 0. The Labute approximate surface area is 110 Å².